The molecule has 0 saturated carbocycles. The molecule has 1 unspecified atom stereocenters. The molecule has 10 nitrogen and oxygen atoms in total. The standard InChI is InChI=1S/C25H33N3O7/c1-24(2,3)34-23(31)28-13-11-25(12-14-28)26-22(30)18-16-17(7-9-19(18)33-25)8-10-20(29)27-35-21-6-4-5-15-32-21/h7-10,16,21H,4-6,11-15H2,1-3H3,(H,26,30)(H,27,29)/b10-8+. The molecule has 35 heavy (non-hydrogen) atoms. The maximum absolute atomic E-state index is 12.9. The number of nitrogens with one attached hydrogen (secondary N) is 2. The fourth-order valence-electron chi connectivity index (χ4n) is 4.17. The van der Waals surface area contributed by atoms with Crippen LogP contribution in [0.3, 0.4) is 0 Å². The Bertz CT molecular complexity index is 987. The molecule has 2 saturated heterocycles. The summed E-state index contributed by atoms with van der Waals surface area (Å²) in [7, 11) is 0. The number of carbonyl (C=O) groups is 3. The molecular formula is C25H33N3O7. The molecule has 190 valence electrons. The van der Waals surface area contributed by atoms with Crippen molar-refractivity contribution in [1.29, 1.82) is 0 Å². The number of benzene rings is 1. The van der Waals surface area contributed by atoms with Crippen LogP contribution in [0.4, 0.5) is 4.79 Å². The van der Waals surface area contributed by atoms with E-state index in [1.54, 1.807) is 29.2 Å². The molecule has 3 aliphatic heterocycles. The SMILES string of the molecule is CC(C)(C)OC(=O)N1CCC2(CC1)NC(=O)c1cc(/C=C/C(=O)NOC3CCCCO3)ccc1O2. The molecule has 3 heterocycles. The van der Waals surface area contributed by atoms with Crippen LogP contribution in [-0.2, 0) is 19.1 Å². The van der Waals surface area contributed by atoms with Crippen LogP contribution in [0.15, 0.2) is 24.3 Å². The highest BCUT2D eigenvalue weighted by Crippen LogP contribution is 2.34. The number of rotatable bonds is 4. The zero-order valence-corrected chi connectivity index (χ0v) is 20.4. The van der Waals surface area contributed by atoms with Crippen LogP contribution in [0.1, 0.15) is 68.8 Å². The molecule has 2 N–H and O–H groups in total. The fraction of sp³-hybridized carbons (Fsp3) is 0.560. The first-order chi connectivity index (χ1) is 16.6. The fourth-order valence-corrected chi connectivity index (χ4v) is 4.17. The van der Waals surface area contributed by atoms with Crippen molar-refractivity contribution < 1.29 is 33.4 Å². The molecule has 1 aromatic carbocycles. The Morgan fingerprint density at radius 3 is 2.69 bits per heavy atom. The van der Waals surface area contributed by atoms with Crippen LogP contribution in [0.5, 0.6) is 5.75 Å². The lowest BCUT2D eigenvalue weighted by molar-refractivity contribution is -0.198. The second-order valence-electron chi connectivity index (χ2n) is 9.99. The third-order valence-corrected chi connectivity index (χ3v) is 5.97. The lowest BCUT2D eigenvalue weighted by Crippen LogP contribution is -2.61. The summed E-state index contributed by atoms with van der Waals surface area (Å²) in [6.07, 6.45) is 5.77. The van der Waals surface area contributed by atoms with E-state index in [-0.39, 0.29) is 12.0 Å². The first kappa shape index (κ1) is 25.0. The summed E-state index contributed by atoms with van der Waals surface area (Å²) in [5.74, 6) is -0.207. The highest BCUT2D eigenvalue weighted by Gasteiger charge is 2.43. The maximum atomic E-state index is 12.9. The minimum absolute atomic E-state index is 0.255. The number of hydrogen-bond donors (Lipinski definition) is 2. The predicted molar refractivity (Wildman–Crippen MR) is 126 cm³/mol. The van der Waals surface area contributed by atoms with Crippen molar-refractivity contribution >= 4 is 24.0 Å². The molecule has 0 radical (unpaired) electrons. The van der Waals surface area contributed by atoms with Gasteiger partial charge in [-0.25, -0.2) is 15.1 Å². The van der Waals surface area contributed by atoms with Crippen molar-refractivity contribution in [3.63, 3.8) is 0 Å². The maximum Gasteiger partial charge on any atom is 0.410 e. The number of likely N-dealkylation sites (tertiary alicyclic amines) is 1. The van der Waals surface area contributed by atoms with E-state index in [1.807, 2.05) is 20.8 Å². The van der Waals surface area contributed by atoms with Crippen LogP contribution < -0.4 is 15.5 Å². The van der Waals surface area contributed by atoms with Gasteiger partial charge in [0.1, 0.15) is 11.4 Å². The number of hydroxylamine groups is 1. The largest absolute Gasteiger partial charge is 0.467 e. The molecular weight excluding hydrogens is 454 g/mol. The van der Waals surface area contributed by atoms with Gasteiger partial charge >= 0.3 is 6.09 Å². The van der Waals surface area contributed by atoms with Gasteiger partial charge in [-0.3, -0.25) is 9.59 Å². The first-order valence-corrected chi connectivity index (χ1v) is 12.0. The first-order valence-electron chi connectivity index (χ1n) is 12.0. The molecule has 1 spiro atoms. The Hall–Kier alpha value is -3.11. The van der Waals surface area contributed by atoms with Crippen molar-refractivity contribution in [3.05, 3.63) is 35.4 Å². The van der Waals surface area contributed by atoms with Gasteiger partial charge in [0.05, 0.1) is 5.56 Å². The molecule has 3 amide bonds. The Morgan fingerprint density at radius 2 is 2.00 bits per heavy atom. The van der Waals surface area contributed by atoms with Crippen molar-refractivity contribution in [2.24, 2.45) is 0 Å². The van der Waals surface area contributed by atoms with E-state index < -0.39 is 23.5 Å². The van der Waals surface area contributed by atoms with E-state index in [1.165, 1.54) is 6.08 Å². The molecule has 0 aliphatic carbocycles. The normalized spacial score (nSPS) is 21.7. The number of hydrogen-bond acceptors (Lipinski definition) is 7. The van der Waals surface area contributed by atoms with Crippen LogP contribution in [0, 0.1) is 0 Å². The summed E-state index contributed by atoms with van der Waals surface area (Å²) in [5, 5.41) is 2.97. The van der Waals surface area contributed by atoms with Gasteiger partial charge in [-0.05, 0) is 57.4 Å². The molecule has 0 aromatic heterocycles. The van der Waals surface area contributed by atoms with Crippen LogP contribution in [0.25, 0.3) is 6.08 Å². The van der Waals surface area contributed by atoms with Crippen molar-refractivity contribution in [3.8, 4) is 5.75 Å². The van der Waals surface area contributed by atoms with Gasteiger partial charge < -0.3 is 24.4 Å². The molecule has 1 aromatic rings. The Morgan fingerprint density at radius 1 is 1.23 bits per heavy atom. The molecule has 1 atom stereocenters. The molecule has 0 bridgehead atoms. The quantitative estimate of drug-likeness (QED) is 0.495. The summed E-state index contributed by atoms with van der Waals surface area (Å²) in [5.41, 5.74) is 1.99. The molecule has 4 rings (SSSR count). The average Bonchev–Trinajstić information content (AvgIpc) is 2.81. The minimum atomic E-state index is -0.863. The molecule has 3 aliphatic rings. The monoisotopic (exact) mass is 487 g/mol. The van der Waals surface area contributed by atoms with Crippen molar-refractivity contribution in [1.82, 2.24) is 15.7 Å². The van der Waals surface area contributed by atoms with Crippen LogP contribution in [-0.4, -0.2) is 60.1 Å². The lowest BCUT2D eigenvalue weighted by atomic mass is 9.96. The Kier molecular flexibility index (Phi) is 7.32. The second-order valence-corrected chi connectivity index (χ2v) is 9.99. The zero-order valence-electron chi connectivity index (χ0n) is 20.4. The van der Waals surface area contributed by atoms with E-state index in [2.05, 4.69) is 10.8 Å². The number of carbonyl (C=O) groups excluding carboxylic acids is 3. The van der Waals surface area contributed by atoms with Gasteiger partial charge in [0.15, 0.2) is 12.0 Å². The van der Waals surface area contributed by atoms with Gasteiger partial charge in [-0.1, -0.05) is 6.07 Å². The third-order valence-electron chi connectivity index (χ3n) is 5.97. The number of ether oxygens (including phenoxy) is 3. The topological polar surface area (TPSA) is 115 Å². The van der Waals surface area contributed by atoms with E-state index in [0.717, 1.165) is 19.3 Å². The number of piperidine rings is 1. The lowest BCUT2D eigenvalue weighted by Gasteiger charge is -2.44. The van der Waals surface area contributed by atoms with Gasteiger partial charge in [-0.15, -0.1) is 0 Å². The summed E-state index contributed by atoms with van der Waals surface area (Å²) >= 11 is 0. The van der Waals surface area contributed by atoms with Crippen LogP contribution in [0.2, 0.25) is 0 Å². The third kappa shape index (κ3) is 6.52. The van der Waals surface area contributed by atoms with Crippen LogP contribution >= 0.6 is 0 Å². The second kappa shape index (κ2) is 10.2. The Labute approximate surface area is 204 Å². The van der Waals surface area contributed by atoms with E-state index in [4.69, 9.17) is 19.0 Å². The van der Waals surface area contributed by atoms with Crippen molar-refractivity contribution in [2.75, 3.05) is 19.7 Å². The average molecular weight is 488 g/mol. The number of nitrogens with zero attached hydrogens (tertiary/aromatic N) is 1. The number of fused-ring (bicyclic) bond motifs is 1. The van der Waals surface area contributed by atoms with E-state index >= 15 is 0 Å². The smallest absolute Gasteiger partial charge is 0.410 e. The molecule has 10 heteroatoms. The Balaban J connectivity index is 1.33. The summed E-state index contributed by atoms with van der Waals surface area (Å²) in [6.45, 7) is 6.93. The highest BCUT2D eigenvalue weighted by molar-refractivity contribution is 5.99. The molecule has 2 fully saturated rings. The van der Waals surface area contributed by atoms with Crippen molar-refractivity contribution in [2.45, 2.75) is 70.5 Å². The predicted octanol–water partition coefficient (Wildman–Crippen LogP) is 3.12. The zero-order chi connectivity index (χ0) is 25.1. The summed E-state index contributed by atoms with van der Waals surface area (Å²) in [6, 6.07) is 5.16. The van der Waals surface area contributed by atoms with E-state index in [9.17, 15) is 14.4 Å². The number of amides is 3. The summed E-state index contributed by atoms with van der Waals surface area (Å²) in [4.78, 5) is 44.2. The minimum Gasteiger partial charge on any atom is -0.467 e. The highest BCUT2D eigenvalue weighted by atomic mass is 16.8. The van der Waals surface area contributed by atoms with Gasteiger partial charge in [-0.2, -0.15) is 0 Å². The van der Waals surface area contributed by atoms with Gasteiger partial charge in [0.2, 0.25) is 0 Å². The van der Waals surface area contributed by atoms with Gasteiger partial charge in [0.25, 0.3) is 11.8 Å². The van der Waals surface area contributed by atoms with Gasteiger partial charge in [0, 0.05) is 45.0 Å². The summed E-state index contributed by atoms with van der Waals surface area (Å²) < 4.78 is 17.0. The van der Waals surface area contributed by atoms with E-state index in [0.29, 0.717) is 49.4 Å².